The van der Waals surface area contributed by atoms with Crippen molar-refractivity contribution in [2.45, 2.75) is 256 Å². The summed E-state index contributed by atoms with van der Waals surface area (Å²) >= 11 is 0. The third-order valence-electron chi connectivity index (χ3n) is 12.2. The van der Waals surface area contributed by atoms with Gasteiger partial charge >= 0.3 is 11.9 Å². The van der Waals surface area contributed by atoms with Gasteiger partial charge in [0.15, 0.2) is 12.4 Å². The van der Waals surface area contributed by atoms with Gasteiger partial charge in [-0.05, 0) is 89.9 Å². The molecule has 12 nitrogen and oxygen atoms in total. The molecule has 0 aromatic carbocycles. The highest BCUT2D eigenvalue weighted by Crippen LogP contribution is 2.24. The van der Waals surface area contributed by atoms with E-state index in [4.69, 9.17) is 18.9 Å². The van der Waals surface area contributed by atoms with E-state index in [0.717, 1.165) is 64.2 Å². The van der Waals surface area contributed by atoms with Crippen molar-refractivity contribution in [2.75, 3.05) is 19.0 Å². The number of aliphatic hydroxyl groups excluding tert-OH is 3. The fourth-order valence-electron chi connectivity index (χ4n) is 7.97. The van der Waals surface area contributed by atoms with E-state index in [2.05, 4.69) is 80.7 Å². The van der Waals surface area contributed by atoms with Crippen molar-refractivity contribution in [1.82, 2.24) is 0 Å². The molecule has 4 N–H and O–H groups in total. The summed E-state index contributed by atoms with van der Waals surface area (Å²) in [6, 6.07) is 0. The molecule has 1 heterocycles. The van der Waals surface area contributed by atoms with Crippen molar-refractivity contribution >= 4 is 22.1 Å². The summed E-state index contributed by atoms with van der Waals surface area (Å²) in [7, 11) is -4.62. The van der Waals surface area contributed by atoms with Crippen LogP contribution in [-0.4, -0.2) is 96.0 Å². The van der Waals surface area contributed by atoms with Crippen LogP contribution in [0.2, 0.25) is 0 Å². The summed E-state index contributed by atoms with van der Waals surface area (Å²) in [5.41, 5.74) is 0. The highest BCUT2D eigenvalue weighted by atomic mass is 32.2. The maximum Gasteiger partial charge on any atom is 0.306 e. The molecule has 70 heavy (non-hydrogen) atoms. The predicted molar refractivity (Wildman–Crippen MR) is 284 cm³/mol. The standard InChI is InChI=1S/C57H98O12S/c1-3-5-7-9-11-13-15-17-19-21-23-24-25-26-28-30-32-34-36-38-40-42-44-46-53(59)68-50(48-67-57-56(62)55(61)54(60)51(69-57)49-70(63,64)65)47-66-52(58)45-43-41-39-37-35-33-31-29-27-22-20-18-16-14-12-10-8-6-4-2/h12,14,18,20,27,29-30,32-33,35,38,40,50-51,54-57,60-62H,3-11,13,15-17,19,21-26,28,31,34,36-37,39,41-49H2,1-2H3,(H,63,64,65)/b14-12+,20-18+,29-27+,32-30+,35-33+,40-38+/t50-,51-,54-,55?,56?,57+/m1/s1. The van der Waals surface area contributed by atoms with Crippen LogP contribution in [0.15, 0.2) is 72.9 Å². The van der Waals surface area contributed by atoms with Crippen LogP contribution in [0, 0.1) is 0 Å². The third kappa shape index (κ3) is 39.7. The number of aliphatic hydroxyl groups is 3. The Labute approximate surface area is 425 Å². The Morgan fingerprint density at radius 2 is 0.886 bits per heavy atom. The van der Waals surface area contributed by atoms with Crippen LogP contribution in [0.1, 0.15) is 219 Å². The van der Waals surface area contributed by atoms with Gasteiger partial charge in [0.1, 0.15) is 36.8 Å². The first-order valence-corrected chi connectivity index (χ1v) is 29.1. The van der Waals surface area contributed by atoms with E-state index in [0.29, 0.717) is 19.3 Å². The number of rotatable bonds is 46. The molecule has 0 spiro atoms. The molecule has 0 bridgehead atoms. The van der Waals surface area contributed by atoms with Gasteiger partial charge in [-0.15, -0.1) is 0 Å². The first-order chi connectivity index (χ1) is 34.0. The summed E-state index contributed by atoms with van der Waals surface area (Å²) < 4.78 is 54.2. The largest absolute Gasteiger partial charge is 0.462 e. The van der Waals surface area contributed by atoms with Crippen LogP contribution in [-0.2, 0) is 38.7 Å². The molecule has 0 amide bonds. The topological polar surface area (TPSA) is 186 Å². The van der Waals surface area contributed by atoms with Crippen LogP contribution in [0.4, 0.5) is 0 Å². The zero-order valence-corrected chi connectivity index (χ0v) is 44.4. The van der Waals surface area contributed by atoms with Crippen molar-refractivity contribution in [2.24, 2.45) is 0 Å². The molecule has 1 rings (SSSR count). The summed E-state index contributed by atoms with van der Waals surface area (Å²) in [5, 5.41) is 31.0. The maximum absolute atomic E-state index is 12.9. The molecular formula is C57H98O12S. The fourth-order valence-corrected chi connectivity index (χ4v) is 8.67. The van der Waals surface area contributed by atoms with E-state index in [1.54, 1.807) is 0 Å². The normalized spacial score (nSPS) is 19.5. The Bertz CT molecular complexity index is 1550. The van der Waals surface area contributed by atoms with Gasteiger partial charge in [0.05, 0.1) is 6.61 Å². The number of carbonyl (C=O) groups excluding carboxylic acids is 2. The Morgan fingerprint density at radius 1 is 0.486 bits per heavy atom. The van der Waals surface area contributed by atoms with E-state index in [-0.39, 0.29) is 19.4 Å². The fraction of sp³-hybridized carbons (Fsp3) is 0.754. The lowest BCUT2D eigenvalue weighted by Gasteiger charge is -2.40. The van der Waals surface area contributed by atoms with Gasteiger partial charge in [0, 0.05) is 12.8 Å². The third-order valence-corrected chi connectivity index (χ3v) is 13.0. The van der Waals surface area contributed by atoms with Crippen LogP contribution in [0.5, 0.6) is 0 Å². The number of esters is 2. The lowest BCUT2D eigenvalue weighted by Crippen LogP contribution is -2.60. The SMILES string of the molecule is CCCCC/C=C/C/C=C/C/C=C/C/C=C/CCCCCC(=O)OC[C@H](CO[C@H]1O[C@H](CS(=O)(=O)O)[C@@H](O)C(O)C1O)OC(=O)CCC/C=C/CC/C=C/CCCCCCCCCCCCCCCC. The minimum atomic E-state index is -4.62. The average Bonchev–Trinajstić information content (AvgIpc) is 3.33. The van der Waals surface area contributed by atoms with Gasteiger partial charge in [-0.3, -0.25) is 14.1 Å². The van der Waals surface area contributed by atoms with E-state index in [1.165, 1.54) is 109 Å². The molecule has 2 unspecified atom stereocenters. The highest BCUT2D eigenvalue weighted by Gasteiger charge is 2.46. The average molecular weight is 1010 g/mol. The Balaban J connectivity index is 2.40. The minimum Gasteiger partial charge on any atom is -0.462 e. The van der Waals surface area contributed by atoms with Gasteiger partial charge < -0.3 is 34.3 Å². The molecule has 13 heteroatoms. The predicted octanol–water partition coefficient (Wildman–Crippen LogP) is 13.0. The first kappa shape index (κ1) is 65.1. The van der Waals surface area contributed by atoms with Gasteiger partial charge in [0.25, 0.3) is 10.1 Å². The molecule has 1 saturated heterocycles. The zero-order valence-electron chi connectivity index (χ0n) is 43.6. The van der Waals surface area contributed by atoms with Crippen molar-refractivity contribution in [3.05, 3.63) is 72.9 Å². The summed E-state index contributed by atoms with van der Waals surface area (Å²) in [5.74, 6) is -2.08. The number of allylic oxidation sites excluding steroid dienone is 12. The molecule has 0 saturated carbocycles. The van der Waals surface area contributed by atoms with Gasteiger partial charge in [0.2, 0.25) is 0 Å². The van der Waals surface area contributed by atoms with Crippen molar-refractivity contribution in [3.63, 3.8) is 0 Å². The minimum absolute atomic E-state index is 0.0945. The van der Waals surface area contributed by atoms with Crippen LogP contribution in [0.25, 0.3) is 0 Å². The first-order valence-electron chi connectivity index (χ1n) is 27.5. The molecule has 0 aliphatic carbocycles. The van der Waals surface area contributed by atoms with E-state index >= 15 is 0 Å². The van der Waals surface area contributed by atoms with Crippen LogP contribution in [0.3, 0.4) is 0 Å². The smallest absolute Gasteiger partial charge is 0.306 e. The number of hydrogen-bond donors (Lipinski definition) is 4. The second kappa shape index (κ2) is 45.9. The second-order valence-corrected chi connectivity index (χ2v) is 20.4. The lowest BCUT2D eigenvalue weighted by atomic mass is 10.00. The van der Waals surface area contributed by atoms with Gasteiger partial charge in [-0.1, -0.05) is 189 Å². The number of ether oxygens (including phenoxy) is 4. The number of unbranched alkanes of at least 4 members (excludes halogenated alkanes) is 22. The number of carbonyl (C=O) groups is 2. The van der Waals surface area contributed by atoms with E-state index in [9.17, 15) is 37.9 Å². The second-order valence-electron chi connectivity index (χ2n) is 18.9. The molecule has 0 aromatic rings. The quantitative estimate of drug-likeness (QED) is 0.0196. The summed E-state index contributed by atoms with van der Waals surface area (Å²) in [4.78, 5) is 25.5. The molecule has 6 atom stereocenters. The van der Waals surface area contributed by atoms with Gasteiger partial charge in [-0.2, -0.15) is 8.42 Å². The summed E-state index contributed by atoms with van der Waals surface area (Å²) in [6.45, 7) is 3.70. The van der Waals surface area contributed by atoms with Crippen LogP contribution >= 0.6 is 0 Å². The van der Waals surface area contributed by atoms with Gasteiger partial charge in [-0.25, -0.2) is 0 Å². The van der Waals surface area contributed by atoms with E-state index in [1.807, 2.05) is 6.08 Å². The van der Waals surface area contributed by atoms with Crippen LogP contribution < -0.4 is 0 Å². The Kier molecular flexibility index (Phi) is 42.7. The monoisotopic (exact) mass is 1010 g/mol. The highest BCUT2D eigenvalue weighted by molar-refractivity contribution is 7.85. The lowest BCUT2D eigenvalue weighted by molar-refractivity contribution is -0.297. The maximum atomic E-state index is 12.9. The molecular weight excluding hydrogens is 909 g/mol. The van der Waals surface area contributed by atoms with Crippen molar-refractivity contribution in [3.8, 4) is 0 Å². The van der Waals surface area contributed by atoms with Crippen molar-refractivity contribution in [1.29, 1.82) is 0 Å². The molecule has 0 aromatic heterocycles. The van der Waals surface area contributed by atoms with E-state index < -0.39 is 71.2 Å². The Morgan fingerprint density at radius 3 is 1.40 bits per heavy atom. The molecule has 1 aliphatic heterocycles. The summed E-state index contributed by atoms with van der Waals surface area (Å²) in [6.07, 6.45) is 51.0. The Hall–Kier alpha value is -2.91. The number of hydrogen-bond acceptors (Lipinski definition) is 11. The molecule has 1 fully saturated rings. The molecule has 0 radical (unpaired) electrons. The molecule has 1 aliphatic rings. The molecule has 404 valence electrons. The zero-order chi connectivity index (χ0) is 51.2. The van der Waals surface area contributed by atoms with Crippen molar-refractivity contribution < 1.29 is 56.8 Å².